The van der Waals surface area contributed by atoms with Gasteiger partial charge in [-0.1, -0.05) is 24.3 Å². The molecule has 1 amide bonds. The van der Waals surface area contributed by atoms with Crippen LogP contribution in [0.15, 0.2) is 48.5 Å². The minimum atomic E-state index is -3.10. The standard InChI is InChI=1S/C15H11F4NO3/c16-14(17)22-11-7-3-1-5-9(11)13(21)20-10-6-2-4-8-12(10)23-15(18)19/h1-8,14-15H,(H,20,21). The fourth-order valence-electron chi connectivity index (χ4n) is 1.81. The molecule has 0 unspecified atom stereocenters. The number of carbonyl (C=O) groups excluding carboxylic acids is 1. The second-order valence-electron chi connectivity index (χ2n) is 4.20. The Bertz CT molecular complexity index is 679. The highest BCUT2D eigenvalue weighted by Gasteiger charge is 2.17. The van der Waals surface area contributed by atoms with Crippen molar-refractivity contribution in [1.82, 2.24) is 0 Å². The van der Waals surface area contributed by atoms with Gasteiger partial charge >= 0.3 is 13.2 Å². The highest BCUT2D eigenvalue weighted by molar-refractivity contribution is 6.06. The van der Waals surface area contributed by atoms with Crippen LogP contribution < -0.4 is 14.8 Å². The minimum absolute atomic E-state index is 0.0235. The molecule has 23 heavy (non-hydrogen) atoms. The third-order valence-corrected chi connectivity index (χ3v) is 2.70. The van der Waals surface area contributed by atoms with Crippen LogP contribution in [-0.2, 0) is 0 Å². The van der Waals surface area contributed by atoms with Gasteiger partial charge in [0.25, 0.3) is 5.91 Å². The van der Waals surface area contributed by atoms with Crippen LogP contribution in [0.3, 0.4) is 0 Å². The Morgan fingerprint density at radius 1 is 0.826 bits per heavy atom. The predicted octanol–water partition coefficient (Wildman–Crippen LogP) is 4.14. The first-order valence-electron chi connectivity index (χ1n) is 6.36. The molecule has 0 spiro atoms. The van der Waals surface area contributed by atoms with Crippen LogP contribution in [-0.4, -0.2) is 19.1 Å². The molecule has 0 radical (unpaired) electrons. The van der Waals surface area contributed by atoms with E-state index >= 15 is 0 Å². The molecule has 122 valence electrons. The number of para-hydroxylation sites is 3. The Labute approximate surface area is 128 Å². The third kappa shape index (κ3) is 4.60. The molecule has 0 saturated heterocycles. The van der Waals surface area contributed by atoms with Gasteiger partial charge in [-0.05, 0) is 24.3 Å². The van der Waals surface area contributed by atoms with Gasteiger partial charge in [0, 0.05) is 0 Å². The van der Waals surface area contributed by atoms with Gasteiger partial charge < -0.3 is 14.8 Å². The summed E-state index contributed by atoms with van der Waals surface area (Å²) in [6, 6.07) is 10.9. The van der Waals surface area contributed by atoms with Crippen LogP contribution in [0, 0.1) is 0 Å². The van der Waals surface area contributed by atoms with E-state index in [9.17, 15) is 22.4 Å². The Hall–Kier alpha value is -2.77. The molecule has 2 aromatic carbocycles. The SMILES string of the molecule is O=C(Nc1ccccc1OC(F)F)c1ccccc1OC(F)F. The molecule has 0 saturated carbocycles. The molecule has 4 nitrogen and oxygen atoms in total. The lowest BCUT2D eigenvalue weighted by molar-refractivity contribution is -0.0506. The molecule has 0 atom stereocenters. The van der Waals surface area contributed by atoms with E-state index in [1.807, 2.05) is 0 Å². The monoisotopic (exact) mass is 329 g/mol. The molecular formula is C15H11F4NO3. The van der Waals surface area contributed by atoms with Gasteiger partial charge in [-0.3, -0.25) is 4.79 Å². The lowest BCUT2D eigenvalue weighted by Crippen LogP contribution is -2.16. The summed E-state index contributed by atoms with van der Waals surface area (Å²) >= 11 is 0. The number of ether oxygens (including phenoxy) is 2. The Kier molecular flexibility index (Phi) is 5.40. The topological polar surface area (TPSA) is 47.6 Å². The summed E-state index contributed by atoms with van der Waals surface area (Å²) in [4.78, 5) is 12.2. The van der Waals surface area contributed by atoms with Crippen molar-refractivity contribution in [2.24, 2.45) is 0 Å². The first kappa shape index (κ1) is 16.6. The zero-order valence-electron chi connectivity index (χ0n) is 11.5. The zero-order chi connectivity index (χ0) is 16.8. The summed E-state index contributed by atoms with van der Waals surface area (Å²) in [6.45, 7) is -6.17. The van der Waals surface area contributed by atoms with Crippen molar-refractivity contribution in [1.29, 1.82) is 0 Å². The number of benzene rings is 2. The van der Waals surface area contributed by atoms with Crippen molar-refractivity contribution in [3.05, 3.63) is 54.1 Å². The van der Waals surface area contributed by atoms with E-state index in [0.29, 0.717) is 0 Å². The van der Waals surface area contributed by atoms with Crippen molar-refractivity contribution in [3.63, 3.8) is 0 Å². The summed E-state index contributed by atoms with van der Waals surface area (Å²) in [5, 5.41) is 2.32. The summed E-state index contributed by atoms with van der Waals surface area (Å²) in [5.41, 5.74) is -0.190. The number of hydrogen-bond acceptors (Lipinski definition) is 3. The molecule has 0 fully saturated rings. The predicted molar refractivity (Wildman–Crippen MR) is 74.1 cm³/mol. The van der Waals surface area contributed by atoms with Crippen LogP contribution in [0.1, 0.15) is 10.4 Å². The number of halogens is 4. The van der Waals surface area contributed by atoms with Gasteiger partial charge in [0.05, 0.1) is 11.3 Å². The highest BCUT2D eigenvalue weighted by atomic mass is 19.3. The maximum Gasteiger partial charge on any atom is 0.387 e. The van der Waals surface area contributed by atoms with E-state index in [1.54, 1.807) is 0 Å². The number of hydrogen-bond donors (Lipinski definition) is 1. The van der Waals surface area contributed by atoms with Crippen LogP contribution >= 0.6 is 0 Å². The Morgan fingerprint density at radius 2 is 1.35 bits per heavy atom. The molecule has 0 aliphatic heterocycles. The average molecular weight is 329 g/mol. The molecular weight excluding hydrogens is 318 g/mol. The van der Waals surface area contributed by atoms with Crippen molar-refractivity contribution in [2.45, 2.75) is 13.2 Å². The number of amides is 1. The van der Waals surface area contributed by atoms with Crippen molar-refractivity contribution >= 4 is 11.6 Å². The molecule has 2 rings (SSSR count). The first-order valence-corrected chi connectivity index (χ1v) is 6.36. The second-order valence-corrected chi connectivity index (χ2v) is 4.20. The van der Waals surface area contributed by atoms with E-state index < -0.39 is 19.1 Å². The Balaban J connectivity index is 2.23. The summed E-state index contributed by atoms with van der Waals surface area (Å²) in [5.74, 6) is -1.37. The van der Waals surface area contributed by atoms with E-state index in [0.717, 1.165) is 0 Å². The van der Waals surface area contributed by atoms with Gasteiger partial charge in [0.2, 0.25) is 0 Å². The fraction of sp³-hybridized carbons (Fsp3) is 0.133. The third-order valence-electron chi connectivity index (χ3n) is 2.70. The van der Waals surface area contributed by atoms with Crippen LogP contribution in [0.25, 0.3) is 0 Å². The maximum atomic E-state index is 12.3. The molecule has 0 aromatic heterocycles. The van der Waals surface area contributed by atoms with Gasteiger partial charge in [-0.25, -0.2) is 0 Å². The number of rotatable bonds is 6. The van der Waals surface area contributed by atoms with E-state index in [-0.39, 0.29) is 22.7 Å². The van der Waals surface area contributed by atoms with Gasteiger partial charge in [-0.2, -0.15) is 17.6 Å². The molecule has 0 aliphatic carbocycles. The lowest BCUT2D eigenvalue weighted by atomic mass is 10.2. The fourth-order valence-corrected chi connectivity index (χ4v) is 1.81. The number of carbonyl (C=O) groups is 1. The number of anilines is 1. The summed E-state index contributed by atoms with van der Waals surface area (Å²) in [7, 11) is 0. The second kappa shape index (κ2) is 7.48. The smallest absolute Gasteiger partial charge is 0.387 e. The van der Waals surface area contributed by atoms with E-state index in [2.05, 4.69) is 14.8 Å². The Morgan fingerprint density at radius 3 is 2.00 bits per heavy atom. The summed E-state index contributed by atoms with van der Waals surface area (Å²) < 4.78 is 57.9. The zero-order valence-corrected chi connectivity index (χ0v) is 11.5. The molecule has 2 aromatic rings. The molecule has 0 bridgehead atoms. The van der Waals surface area contributed by atoms with Crippen LogP contribution in [0.2, 0.25) is 0 Å². The van der Waals surface area contributed by atoms with Gasteiger partial charge in [-0.15, -0.1) is 0 Å². The van der Waals surface area contributed by atoms with Gasteiger partial charge in [0.15, 0.2) is 0 Å². The van der Waals surface area contributed by atoms with Crippen LogP contribution in [0.4, 0.5) is 23.2 Å². The van der Waals surface area contributed by atoms with Crippen molar-refractivity contribution in [2.75, 3.05) is 5.32 Å². The number of nitrogens with one attached hydrogen (secondary N) is 1. The average Bonchev–Trinajstić information content (AvgIpc) is 2.48. The molecule has 8 heteroatoms. The van der Waals surface area contributed by atoms with Crippen LogP contribution in [0.5, 0.6) is 11.5 Å². The molecule has 1 N–H and O–H groups in total. The first-order chi connectivity index (χ1) is 11.0. The lowest BCUT2D eigenvalue weighted by Gasteiger charge is -2.13. The largest absolute Gasteiger partial charge is 0.434 e. The quantitative estimate of drug-likeness (QED) is 0.810. The number of alkyl halides is 4. The van der Waals surface area contributed by atoms with Gasteiger partial charge in [0.1, 0.15) is 11.5 Å². The molecule has 0 aliphatic rings. The summed E-state index contributed by atoms with van der Waals surface area (Å²) in [6.07, 6.45) is 0. The normalized spacial score (nSPS) is 10.7. The highest BCUT2D eigenvalue weighted by Crippen LogP contribution is 2.27. The van der Waals surface area contributed by atoms with E-state index in [1.165, 1.54) is 48.5 Å². The van der Waals surface area contributed by atoms with Crippen molar-refractivity contribution in [3.8, 4) is 11.5 Å². The van der Waals surface area contributed by atoms with Crippen molar-refractivity contribution < 1.29 is 31.8 Å². The van der Waals surface area contributed by atoms with E-state index in [4.69, 9.17) is 0 Å². The maximum absolute atomic E-state index is 12.3. The minimum Gasteiger partial charge on any atom is -0.434 e. The molecule has 0 heterocycles.